The highest BCUT2D eigenvalue weighted by molar-refractivity contribution is 8.01. The van der Waals surface area contributed by atoms with Crippen LogP contribution in [0.3, 0.4) is 0 Å². The van der Waals surface area contributed by atoms with Gasteiger partial charge in [0.15, 0.2) is 0 Å². The van der Waals surface area contributed by atoms with E-state index in [-0.39, 0.29) is 30.2 Å². The Morgan fingerprint density at radius 2 is 1.90 bits per heavy atom. The largest absolute Gasteiger partial charge is 0.481 e. The monoisotopic (exact) mass is 619 g/mol. The first-order valence-corrected chi connectivity index (χ1v) is 14.7. The predicted octanol–water partition coefficient (Wildman–Crippen LogP) is 1.24. The maximum absolute atomic E-state index is 13.4. The molecule has 1 aromatic carbocycles. The molecule has 224 valence electrons. The van der Waals surface area contributed by atoms with Gasteiger partial charge in [-0.15, -0.1) is 16.9 Å². The molecular formula is C25H29N7O8S2. The number of carboxylic acid groups (broad SMARTS) is 2. The molecule has 3 amide bonds. The Balaban J connectivity index is 1.46. The van der Waals surface area contributed by atoms with Gasteiger partial charge in [-0.1, -0.05) is 42.1 Å². The number of aromatic nitrogens is 4. The number of alkyl carbamates (subject to hydrolysis) is 1. The molecule has 0 bridgehead atoms. The number of β-lactam (4-membered cyclic amide) rings is 1. The number of amides is 3. The summed E-state index contributed by atoms with van der Waals surface area (Å²) in [6, 6.07) is 6.29. The van der Waals surface area contributed by atoms with E-state index in [0.717, 1.165) is 16.7 Å². The molecule has 4 rings (SSSR count). The van der Waals surface area contributed by atoms with Crippen LogP contribution >= 0.6 is 23.5 Å². The minimum atomic E-state index is -1.30. The summed E-state index contributed by atoms with van der Waals surface area (Å²) < 4.78 is 6.62. The smallest absolute Gasteiger partial charge is 0.408 e. The highest BCUT2D eigenvalue weighted by Gasteiger charge is 2.54. The van der Waals surface area contributed by atoms with E-state index >= 15 is 0 Å². The summed E-state index contributed by atoms with van der Waals surface area (Å²) >= 11 is 2.41. The van der Waals surface area contributed by atoms with Crippen LogP contribution in [0.1, 0.15) is 38.8 Å². The number of ether oxygens (including phenoxy) is 1. The molecule has 17 heteroatoms. The number of nitrogens with zero attached hydrogens (tertiary/aromatic N) is 5. The van der Waals surface area contributed by atoms with E-state index in [4.69, 9.17) is 9.84 Å². The number of thioether (sulfide) groups is 2. The number of carboxylic acids is 2. The average molecular weight is 620 g/mol. The van der Waals surface area contributed by atoms with Gasteiger partial charge in [-0.05, 0) is 42.3 Å². The fraction of sp³-hybridized carbons (Fsp3) is 0.440. The minimum Gasteiger partial charge on any atom is -0.481 e. The van der Waals surface area contributed by atoms with Gasteiger partial charge >= 0.3 is 18.0 Å². The lowest BCUT2D eigenvalue weighted by molar-refractivity contribution is -0.151. The number of hydrogen-bond acceptors (Lipinski definition) is 11. The Bertz CT molecular complexity index is 1410. The Morgan fingerprint density at radius 1 is 1.19 bits per heavy atom. The van der Waals surface area contributed by atoms with Crippen LogP contribution in [0.15, 0.2) is 46.8 Å². The molecule has 1 aromatic heterocycles. The first kappa shape index (κ1) is 30.8. The maximum Gasteiger partial charge on any atom is 0.408 e. The Labute approximate surface area is 248 Å². The summed E-state index contributed by atoms with van der Waals surface area (Å²) in [5.74, 6) is -3.17. The summed E-state index contributed by atoms with van der Waals surface area (Å²) in [5, 5.41) is 34.9. The zero-order valence-electron chi connectivity index (χ0n) is 22.8. The number of rotatable bonds is 11. The number of carbonyl (C=O) groups is 5. The fourth-order valence-electron chi connectivity index (χ4n) is 4.20. The van der Waals surface area contributed by atoms with Crippen LogP contribution in [-0.2, 0) is 30.5 Å². The number of fused-ring (bicyclic) bond motifs is 1. The predicted molar refractivity (Wildman–Crippen MR) is 149 cm³/mol. The average Bonchev–Trinajstić information content (AvgIpc) is 3.38. The number of aliphatic carboxylic acids is 2. The lowest BCUT2D eigenvalue weighted by Gasteiger charge is -2.49. The zero-order valence-corrected chi connectivity index (χ0v) is 24.5. The lowest BCUT2D eigenvalue weighted by atomic mass is 10.0. The summed E-state index contributed by atoms with van der Waals surface area (Å²) in [7, 11) is 0. The molecule has 2 aliphatic rings. The molecule has 0 saturated carbocycles. The standard InChI is InChI=1S/C25H29N7O8S2/c1-25(2,3)40-24(39)27-16(13-7-5-4-6-8-13)19(35)26-17-20(36)32-18(22(37)38)14(11-41-21(17)32)12-42-23-28-29-30-31(23)10-9-15(33)34/h4-8,16-17,21H,9-12H2,1-3H3,(H,26,35)(H,27,39)(H,33,34)(H,37,38)/t16?,17?,21-/m1/s1. The number of carbonyl (C=O) groups excluding carboxylic acids is 3. The normalized spacial score (nSPS) is 18.9. The molecule has 2 unspecified atom stereocenters. The van der Waals surface area contributed by atoms with E-state index in [2.05, 4.69) is 26.2 Å². The van der Waals surface area contributed by atoms with Crippen LogP contribution < -0.4 is 10.6 Å². The van der Waals surface area contributed by atoms with Crippen molar-refractivity contribution in [3.63, 3.8) is 0 Å². The van der Waals surface area contributed by atoms with Gasteiger partial charge in [-0.25, -0.2) is 14.3 Å². The molecule has 0 aliphatic carbocycles. The molecule has 3 atom stereocenters. The van der Waals surface area contributed by atoms with Gasteiger partial charge in [-0.3, -0.25) is 19.3 Å². The van der Waals surface area contributed by atoms with Crippen LogP contribution in [0.2, 0.25) is 0 Å². The summed E-state index contributed by atoms with van der Waals surface area (Å²) in [5.41, 5.74) is -0.0614. The Kier molecular flexibility index (Phi) is 9.40. The number of hydrogen-bond donors (Lipinski definition) is 4. The van der Waals surface area contributed by atoms with E-state index in [0.29, 0.717) is 16.3 Å². The second-order valence-corrected chi connectivity index (χ2v) is 12.3. The van der Waals surface area contributed by atoms with Crippen LogP contribution in [0, 0.1) is 0 Å². The Morgan fingerprint density at radius 3 is 2.55 bits per heavy atom. The van der Waals surface area contributed by atoms with Gasteiger partial charge in [0.2, 0.25) is 11.1 Å². The summed E-state index contributed by atoms with van der Waals surface area (Å²) in [6.07, 6.45) is -1.00. The van der Waals surface area contributed by atoms with E-state index in [1.807, 2.05) is 0 Å². The van der Waals surface area contributed by atoms with Gasteiger partial charge in [-0.2, -0.15) is 0 Å². The van der Waals surface area contributed by atoms with Crippen molar-refractivity contribution >= 4 is 53.4 Å². The van der Waals surface area contributed by atoms with Crippen molar-refractivity contribution in [2.75, 3.05) is 11.5 Å². The van der Waals surface area contributed by atoms with Crippen LogP contribution in [0.4, 0.5) is 4.79 Å². The van der Waals surface area contributed by atoms with Crippen LogP contribution in [-0.4, -0.2) is 93.7 Å². The molecule has 42 heavy (non-hydrogen) atoms. The van der Waals surface area contributed by atoms with Crippen molar-refractivity contribution in [2.24, 2.45) is 0 Å². The third-order valence-corrected chi connectivity index (χ3v) is 8.40. The number of aryl methyl sites for hydroxylation is 1. The third kappa shape index (κ3) is 7.20. The van der Waals surface area contributed by atoms with Crippen molar-refractivity contribution in [2.45, 2.75) is 62.0 Å². The van der Waals surface area contributed by atoms with Crippen molar-refractivity contribution in [1.29, 1.82) is 0 Å². The quantitative estimate of drug-likeness (QED) is 0.207. The lowest BCUT2D eigenvalue weighted by Crippen LogP contribution is -2.71. The molecular weight excluding hydrogens is 590 g/mol. The first-order valence-electron chi connectivity index (χ1n) is 12.7. The van der Waals surface area contributed by atoms with Crippen LogP contribution in [0.25, 0.3) is 0 Å². The highest BCUT2D eigenvalue weighted by Crippen LogP contribution is 2.41. The van der Waals surface area contributed by atoms with E-state index in [1.165, 1.54) is 16.4 Å². The van der Waals surface area contributed by atoms with Crippen molar-refractivity contribution in [1.82, 2.24) is 35.7 Å². The van der Waals surface area contributed by atoms with Gasteiger partial charge < -0.3 is 25.6 Å². The Hall–Kier alpha value is -4.12. The fourth-order valence-corrected chi connectivity index (χ4v) is 6.58. The SMILES string of the molecule is CC(C)(C)OC(=O)NC(C(=O)NC1C(=O)N2C(C(=O)O)=C(CSc3nnnn3CCC(=O)O)CS[C@H]12)c1ccccc1. The molecule has 4 N–H and O–H groups in total. The molecule has 2 aliphatic heterocycles. The van der Waals surface area contributed by atoms with E-state index in [9.17, 15) is 29.1 Å². The second kappa shape index (κ2) is 12.8. The summed E-state index contributed by atoms with van der Waals surface area (Å²) in [6.45, 7) is 5.11. The zero-order chi connectivity index (χ0) is 30.6. The van der Waals surface area contributed by atoms with Crippen molar-refractivity contribution in [3.05, 3.63) is 47.2 Å². The maximum atomic E-state index is 13.4. The first-order chi connectivity index (χ1) is 19.9. The number of benzene rings is 1. The third-order valence-electron chi connectivity index (χ3n) is 6.02. The van der Waals surface area contributed by atoms with Gasteiger partial charge in [0.25, 0.3) is 5.91 Å². The number of nitrogens with one attached hydrogen (secondary N) is 2. The molecule has 1 fully saturated rings. The molecule has 2 aromatic rings. The highest BCUT2D eigenvalue weighted by atomic mass is 32.2. The second-order valence-electron chi connectivity index (χ2n) is 10.3. The van der Waals surface area contributed by atoms with Crippen molar-refractivity contribution in [3.8, 4) is 0 Å². The van der Waals surface area contributed by atoms with Crippen LogP contribution in [0.5, 0.6) is 0 Å². The van der Waals surface area contributed by atoms with E-state index < -0.39 is 52.9 Å². The minimum absolute atomic E-state index is 0.0467. The number of tetrazole rings is 1. The molecule has 3 heterocycles. The summed E-state index contributed by atoms with van der Waals surface area (Å²) in [4.78, 5) is 63.3. The van der Waals surface area contributed by atoms with E-state index in [1.54, 1.807) is 51.1 Å². The topological polar surface area (TPSA) is 206 Å². The molecule has 1 saturated heterocycles. The van der Waals surface area contributed by atoms with Gasteiger partial charge in [0.1, 0.15) is 28.8 Å². The molecule has 15 nitrogen and oxygen atoms in total. The molecule has 0 radical (unpaired) electrons. The van der Waals surface area contributed by atoms with Gasteiger partial charge in [0.05, 0.1) is 13.0 Å². The molecule has 0 spiro atoms. The van der Waals surface area contributed by atoms with Crippen molar-refractivity contribution < 1.29 is 38.9 Å². The van der Waals surface area contributed by atoms with Gasteiger partial charge in [0, 0.05) is 11.5 Å².